The standard InChI is InChI=1S/2C18H33P.C7H7.ClH.Ni/c2*1-4-10-16(11-5-1)19(17-12-6-2-7-13-17)18-14-8-3-9-15-18;1-7-5-3-2-4-6-7;;/h2*16-18H,1-15H2;2-5H,1H3;1H;/q;;-1;;+1/p+1. The van der Waals surface area contributed by atoms with Crippen molar-refractivity contribution in [2.45, 2.75) is 234 Å². The predicted octanol–water partition coefficient (Wildman–Crippen LogP) is 14.9. The van der Waals surface area contributed by atoms with Gasteiger partial charge in [-0.3, -0.25) is 0 Å². The second kappa shape index (κ2) is 24.9. The fraction of sp³-hybridized carbons (Fsp3) is 0.860. The third-order valence-corrected chi connectivity index (χ3v) is 22.4. The zero-order valence-electron chi connectivity index (χ0n) is 30.7. The normalized spacial score (nSPS) is 24.8. The van der Waals surface area contributed by atoms with Gasteiger partial charge in [0, 0.05) is 15.8 Å². The van der Waals surface area contributed by atoms with Gasteiger partial charge in [0.05, 0.1) is 34.0 Å². The van der Waals surface area contributed by atoms with Crippen molar-refractivity contribution in [1.29, 1.82) is 0 Å². The monoisotopic (exact) mass is 746 g/mol. The molecule has 0 aromatic heterocycles. The van der Waals surface area contributed by atoms with Gasteiger partial charge in [0.25, 0.3) is 0 Å². The Kier molecular flexibility index (Phi) is 21.6. The second-order valence-corrected chi connectivity index (χ2v) is 23.5. The Bertz CT molecular complexity index is 721. The van der Waals surface area contributed by atoms with E-state index in [1.54, 1.807) is 193 Å². The van der Waals surface area contributed by atoms with Gasteiger partial charge < -0.3 is 0 Å². The van der Waals surface area contributed by atoms with Gasteiger partial charge in [0.15, 0.2) is 0 Å². The molecule has 0 N–H and O–H groups in total. The van der Waals surface area contributed by atoms with E-state index < -0.39 is 0 Å². The first-order valence-electron chi connectivity index (χ1n) is 21.1. The third-order valence-electron chi connectivity index (χ3n) is 13.3. The fourth-order valence-electron chi connectivity index (χ4n) is 11.1. The van der Waals surface area contributed by atoms with E-state index in [9.17, 15) is 0 Å². The first-order chi connectivity index (χ1) is 23.3. The Labute approximate surface area is 308 Å². The van der Waals surface area contributed by atoms with Crippen molar-refractivity contribution < 1.29 is 14.6 Å². The molecule has 6 aliphatic rings. The van der Waals surface area contributed by atoms with Gasteiger partial charge in [-0.2, -0.15) is 35.9 Å². The number of halogens is 1. The Morgan fingerprint density at radius 3 is 0.809 bits per heavy atom. The van der Waals surface area contributed by atoms with E-state index in [2.05, 4.69) is 30.8 Å². The molecule has 1 aromatic carbocycles. The SMILES string of the molecule is C1CCC([PH+](C2CCCCC2)C2CCCCC2)CC1.C1CCC([PH+](C2CCCCC2)C2CCCCC2)CC1.Cc1[c-]cccc1.[Cl][Ni]. The summed E-state index contributed by atoms with van der Waals surface area (Å²) >= 11 is 3.35. The van der Waals surface area contributed by atoms with Crippen molar-refractivity contribution in [3.05, 3.63) is 35.9 Å². The molecular formula is C43H75ClNiP2+. The number of rotatable bonds is 6. The molecule has 0 bridgehead atoms. The van der Waals surface area contributed by atoms with Crippen LogP contribution in [-0.4, -0.2) is 34.0 Å². The number of benzene rings is 1. The van der Waals surface area contributed by atoms with Gasteiger partial charge in [-0.1, -0.05) is 45.4 Å². The van der Waals surface area contributed by atoms with Crippen LogP contribution in [0.5, 0.6) is 0 Å². The zero-order valence-corrected chi connectivity index (χ0v) is 34.4. The van der Waals surface area contributed by atoms with Gasteiger partial charge in [-0.05, 0) is 154 Å². The topological polar surface area (TPSA) is 0 Å². The molecule has 4 heteroatoms. The third kappa shape index (κ3) is 14.4. The van der Waals surface area contributed by atoms with Gasteiger partial charge in [0.1, 0.15) is 0 Å². The molecular weight excluding hydrogens is 673 g/mol. The first kappa shape index (κ1) is 40.6. The fourth-order valence-corrected chi connectivity index (χ4v) is 21.5. The molecule has 0 amide bonds. The molecule has 0 saturated heterocycles. The molecule has 6 saturated carbocycles. The van der Waals surface area contributed by atoms with Crippen molar-refractivity contribution in [2.75, 3.05) is 0 Å². The molecule has 0 unspecified atom stereocenters. The predicted molar refractivity (Wildman–Crippen MR) is 214 cm³/mol. The maximum atomic E-state index is 4.26. The van der Waals surface area contributed by atoms with Crippen LogP contribution >= 0.6 is 26.0 Å². The van der Waals surface area contributed by atoms with E-state index in [0.717, 1.165) is 0 Å². The minimum absolute atomic E-state index is 0.0465. The van der Waals surface area contributed by atoms with Crippen LogP contribution in [0.4, 0.5) is 0 Å². The number of hydrogen-bond donors (Lipinski definition) is 0. The molecule has 6 aliphatic carbocycles. The van der Waals surface area contributed by atoms with Crippen molar-refractivity contribution in [3.63, 3.8) is 0 Å². The number of aryl methyl sites for hydroxylation is 1. The zero-order chi connectivity index (χ0) is 32.9. The van der Waals surface area contributed by atoms with E-state index in [-0.39, 0.29) is 15.8 Å². The summed E-state index contributed by atoms with van der Waals surface area (Å²) in [4.78, 5) is 0. The van der Waals surface area contributed by atoms with Gasteiger partial charge in [-0.15, -0.1) is 0 Å². The minimum atomic E-state index is -0.0465. The van der Waals surface area contributed by atoms with E-state index in [0.29, 0.717) is 0 Å². The van der Waals surface area contributed by atoms with Gasteiger partial charge in [-0.25, -0.2) is 0 Å². The summed E-state index contributed by atoms with van der Waals surface area (Å²) < 4.78 is 0. The summed E-state index contributed by atoms with van der Waals surface area (Å²) in [6.45, 7) is 2.03. The Morgan fingerprint density at radius 2 is 0.660 bits per heavy atom. The Balaban J connectivity index is 0.000000170. The van der Waals surface area contributed by atoms with Gasteiger partial charge >= 0.3 is 24.8 Å². The molecule has 47 heavy (non-hydrogen) atoms. The summed E-state index contributed by atoms with van der Waals surface area (Å²) in [5.41, 5.74) is 8.56. The average Bonchev–Trinajstić information content (AvgIpc) is 3.16. The molecule has 0 heterocycles. The molecule has 1 aromatic rings. The molecule has 0 nitrogen and oxygen atoms in total. The summed E-state index contributed by atoms with van der Waals surface area (Å²) in [5, 5.41) is 0. The van der Waals surface area contributed by atoms with Crippen LogP contribution in [0, 0.1) is 13.0 Å². The van der Waals surface area contributed by atoms with Crippen molar-refractivity contribution in [1.82, 2.24) is 0 Å². The van der Waals surface area contributed by atoms with Crippen LogP contribution in [0.3, 0.4) is 0 Å². The second-order valence-electron chi connectivity index (χ2n) is 16.6. The summed E-state index contributed by atoms with van der Waals surface area (Å²) in [6.07, 6.45) is 47.6. The van der Waals surface area contributed by atoms with E-state index >= 15 is 0 Å². The summed E-state index contributed by atoms with van der Waals surface area (Å²) in [7, 11) is 4.17. The van der Waals surface area contributed by atoms with Crippen LogP contribution < -0.4 is 0 Å². The average molecular weight is 748 g/mol. The van der Waals surface area contributed by atoms with Crippen molar-refractivity contribution in [2.24, 2.45) is 0 Å². The summed E-state index contributed by atoms with van der Waals surface area (Å²) in [5.74, 6) is 0. The molecule has 0 aliphatic heterocycles. The molecule has 0 atom stereocenters. The van der Waals surface area contributed by atoms with Gasteiger partial charge in [0.2, 0.25) is 0 Å². The van der Waals surface area contributed by atoms with E-state index in [1.807, 2.05) is 31.2 Å². The number of hydrogen-bond acceptors (Lipinski definition) is 0. The first-order valence-corrected chi connectivity index (χ1v) is 25.9. The van der Waals surface area contributed by atoms with Crippen LogP contribution in [0.2, 0.25) is 0 Å². The molecule has 7 rings (SSSR count). The quantitative estimate of drug-likeness (QED) is 0.154. The maximum absolute atomic E-state index is 4.26. The van der Waals surface area contributed by atoms with Crippen molar-refractivity contribution >= 4 is 26.0 Å². The Morgan fingerprint density at radius 1 is 0.426 bits per heavy atom. The van der Waals surface area contributed by atoms with E-state index in [4.69, 9.17) is 0 Å². The molecule has 273 valence electrons. The summed E-state index contributed by atoms with van der Waals surface area (Å²) in [6, 6.07) is 10.9. The molecule has 6 fully saturated rings. The molecule has 0 spiro atoms. The van der Waals surface area contributed by atoms with Crippen LogP contribution in [0.15, 0.2) is 24.3 Å². The van der Waals surface area contributed by atoms with Crippen LogP contribution in [0.1, 0.15) is 198 Å². The molecule has 0 radical (unpaired) electrons. The Hall–Kier alpha value is 0.864. The van der Waals surface area contributed by atoms with E-state index in [1.165, 1.54) is 39.5 Å². The van der Waals surface area contributed by atoms with Crippen molar-refractivity contribution in [3.8, 4) is 0 Å². The van der Waals surface area contributed by atoms with Crippen LogP contribution in [0.25, 0.3) is 0 Å². The van der Waals surface area contributed by atoms with Crippen LogP contribution in [-0.2, 0) is 14.6 Å².